The molecular weight excluding hydrogens is 242 g/mol. The van der Waals surface area contributed by atoms with E-state index in [4.69, 9.17) is 4.52 Å². The maximum atomic E-state index is 11.5. The number of nitrogens with zero attached hydrogens (tertiary/aromatic N) is 1. The normalized spacial score (nSPS) is 10.6. The maximum absolute atomic E-state index is 11.5. The minimum absolute atomic E-state index is 0.197. The van der Waals surface area contributed by atoms with E-state index in [1.807, 2.05) is 38.1 Å². The van der Waals surface area contributed by atoms with Crippen molar-refractivity contribution in [2.24, 2.45) is 0 Å². The molecule has 4 nitrogen and oxygen atoms in total. The SMILES string of the molecule is CCCc1onc(-c2ccccc2CC)c1C(=O)O. The van der Waals surface area contributed by atoms with Gasteiger partial charge in [-0.2, -0.15) is 0 Å². The lowest BCUT2D eigenvalue weighted by Gasteiger charge is -2.05. The summed E-state index contributed by atoms with van der Waals surface area (Å²) < 4.78 is 5.22. The highest BCUT2D eigenvalue weighted by Gasteiger charge is 2.23. The number of carboxylic acids is 1. The molecule has 2 rings (SSSR count). The highest BCUT2D eigenvalue weighted by Crippen LogP contribution is 2.29. The Bertz CT molecular complexity index is 587. The number of rotatable bonds is 5. The third-order valence-corrected chi connectivity index (χ3v) is 3.11. The Morgan fingerprint density at radius 1 is 1.32 bits per heavy atom. The summed E-state index contributed by atoms with van der Waals surface area (Å²) >= 11 is 0. The van der Waals surface area contributed by atoms with Crippen LogP contribution in [0, 0.1) is 0 Å². The first-order valence-electron chi connectivity index (χ1n) is 6.49. The van der Waals surface area contributed by atoms with Crippen molar-refractivity contribution in [2.75, 3.05) is 0 Å². The number of carbonyl (C=O) groups is 1. The fourth-order valence-corrected chi connectivity index (χ4v) is 2.19. The quantitative estimate of drug-likeness (QED) is 0.891. The summed E-state index contributed by atoms with van der Waals surface area (Å²) in [4.78, 5) is 11.5. The molecule has 0 saturated heterocycles. The van der Waals surface area contributed by atoms with Gasteiger partial charge in [-0.15, -0.1) is 0 Å². The van der Waals surface area contributed by atoms with E-state index in [-0.39, 0.29) is 5.56 Å². The van der Waals surface area contributed by atoms with Crippen molar-refractivity contribution in [3.63, 3.8) is 0 Å². The van der Waals surface area contributed by atoms with E-state index in [0.717, 1.165) is 24.0 Å². The summed E-state index contributed by atoms with van der Waals surface area (Å²) in [5.41, 5.74) is 2.55. The van der Waals surface area contributed by atoms with Gasteiger partial charge in [-0.05, 0) is 18.4 Å². The standard InChI is InChI=1S/C15H17NO3/c1-3-7-12-13(15(17)18)14(16-19-12)11-9-6-5-8-10(11)4-2/h5-6,8-9H,3-4,7H2,1-2H3,(H,17,18). The highest BCUT2D eigenvalue weighted by atomic mass is 16.5. The van der Waals surface area contributed by atoms with E-state index in [0.29, 0.717) is 17.9 Å². The van der Waals surface area contributed by atoms with Gasteiger partial charge in [-0.3, -0.25) is 0 Å². The fraction of sp³-hybridized carbons (Fsp3) is 0.333. The molecule has 0 fully saturated rings. The van der Waals surface area contributed by atoms with E-state index in [1.54, 1.807) is 0 Å². The van der Waals surface area contributed by atoms with Crippen LogP contribution in [0.3, 0.4) is 0 Å². The lowest BCUT2D eigenvalue weighted by atomic mass is 9.98. The molecule has 0 aliphatic rings. The zero-order chi connectivity index (χ0) is 13.8. The lowest BCUT2D eigenvalue weighted by Crippen LogP contribution is -2.02. The van der Waals surface area contributed by atoms with E-state index < -0.39 is 5.97 Å². The number of aromatic carboxylic acids is 1. The van der Waals surface area contributed by atoms with E-state index in [9.17, 15) is 9.90 Å². The number of carboxylic acid groups (broad SMARTS) is 1. The zero-order valence-corrected chi connectivity index (χ0v) is 11.1. The van der Waals surface area contributed by atoms with Gasteiger partial charge in [0.1, 0.15) is 11.3 Å². The molecule has 0 saturated carbocycles. The van der Waals surface area contributed by atoms with Crippen molar-refractivity contribution in [2.45, 2.75) is 33.1 Å². The van der Waals surface area contributed by atoms with Crippen LogP contribution in [-0.2, 0) is 12.8 Å². The summed E-state index contributed by atoms with van der Waals surface area (Å²) in [5, 5.41) is 13.4. The Morgan fingerprint density at radius 3 is 2.68 bits per heavy atom. The van der Waals surface area contributed by atoms with Crippen molar-refractivity contribution >= 4 is 5.97 Å². The molecule has 0 bridgehead atoms. The Kier molecular flexibility index (Phi) is 4.00. The number of hydrogen-bond acceptors (Lipinski definition) is 3. The predicted octanol–water partition coefficient (Wildman–Crippen LogP) is 3.55. The van der Waals surface area contributed by atoms with Crippen LogP contribution in [0.25, 0.3) is 11.3 Å². The first-order valence-corrected chi connectivity index (χ1v) is 6.49. The smallest absolute Gasteiger partial charge is 0.341 e. The molecule has 0 amide bonds. The zero-order valence-electron chi connectivity index (χ0n) is 11.1. The van der Waals surface area contributed by atoms with Crippen LogP contribution in [0.4, 0.5) is 0 Å². The van der Waals surface area contributed by atoms with Gasteiger partial charge in [0.25, 0.3) is 0 Å². The first kappa shape index (κ1) is 13.3. The van der Waals surface area contributed by atoms with Gasteiger partial charge in [0.15, 0.2) is 5.76 Å². The van der Waals surface area contributed by atoms with Crippen LogP contribution in [0.5, 0.6) is 0 Å². The van der Waals surface area contributed by atoms with Crippen LogP contribution < -0.4 is 0 Å². The second-order valence-corrected chi connectivity index (χ2v) is 4.40. The van der Waals surface area contributed by atoms with E-state index in [2.05, 4.69) is 5.16 Å². The minimum Gasteiger partial charge on any atom is -0.477 e. The molecule has 1 aromatic heterocycles. The van der Waals surface area contributed by atoms with E-state index >= 15 is 0 Å². The molecule has 4 heteroatoms. The Hall–Kier alpha value is -2.10. The van der Waals surface area contributed by atoms with Gasteiger partial charge in [0.2, 0.25) is 0 Å². The molecule has 1 N–H and O–H groups in total. The highest BCUT2D eigenvalue weighted by molar-refractivity contribution is 5.96. The molecule has 1 heterocycles. The third-order valence-electron chi connectivity index (χ3n) is 3.11. The number of aryl methyl sites for hydroxylation is 2. The lowest BCUT2D eigenvalue weighted by molar-refractivity contribution is 0.0695. The van der Waals surface area contributed by atoms with Gasteiger partial charge < -0.3 is 9.63 Å². The summed E-state index contributed by atoms with van der Waals surface area (Å²) in [6, 6.07) is 7.69. The predicted molar refractivity (Wildman–Crippen MR) is 72.3 cm³/mol. The van der Waals surface area contributed by atoms with Crippen LogP contribution in [0.2, 0.25) is 0 Å². The molecule has 0 aliphatic heterocycles. The molecule has 0 atom stereocenters. The van der Waals surface area contributed by atoms with Crippen LogP contribution in [0.15, 0.2) is 28.8 Å². The van der Waals surface area contributed by atoms with Gasteiger partial charge in [-0.25, -0.2) is 4.79 Å². The molecule has 19 heavy (non-hydrogen) atoms. The maximum Gasteiger partial charge on any atom is 0.341 e. The largest absolute Gasteiger partial charge is 0.477 e. The summed E-state index contributed by atoms with van der Waals surface area (Å²) in [6.07, 6.45) is 2.23. The molecule has 0 unspecified atom stereocenters. The monoisotopic (exact) mass is 259 g/mol. The Balaban J connectivity index is 2.59. The number of aromatic nitrogens is 1. The number of hydrogen-bond donors (Lipinski definition) is 1. The van der Waals surface area contributed by atoms with Crippen LogP contribution in [0.1, 0.15) is 41.9 Å². The second-order valence-electron chi connectivity index (χ2n) is 4.40. The van der Waals surface area contributed by atoms with Crippen molar-refractivity contribution in [3.05, 3.63) is 41.2 Å². The van der Waals surface area contributed by atoms with Crippen LogP contribution in [-0.4, -0.2) is 16.2 Å². The Labute approximate surface area is 112 Å². The summed E-state index contributed by atoms with van der Waals surface area (Å²) in [6.45, 7) is 4.01. The van der Waals surface area contributed by atoms with Crippen molar-refractivity contribution in [1.82, 2.24) is 5.16 Å². The fourth-order valence-electron chi connectivity index (χ4n) is 2.19. The summed E-state index contributed by atoms with van der Waals surface area (Å²) in [7, 11) is 0. The minimum atomic E-state index is -0.981. The topological polar surface area (TPSA) is 63.3 Å². The molecule has 0 aliphatic carbocycles. The van der Waals surface area contributed by atoms with Gasteiger partial charge in [0, 0.05) is 12.0 Å². The van der Waals surface area contributed by atoms with Crippen molar-refractivity contribution in [3.8, 4) is 11.3 Å². The van der Waals surface area contributed by atoms with Crippen molar-refractivity contribution in [1.29, 1.82) is 0 Å². The first-order chi connectivity index (χ1) is 9.19. The van der Waals surface area contributed by atoms with Crippen molar-refractivity contribution < 1.29 is 14.4 Å². The van der Waals surface area contributed by atoms with E-state index in [1.165, 1.54) is 0 Å². The van der Waals surface area contributed by atoms with Crippen LogP contribution >= 0.6 is 0 Å². The second kappa shape index (κ2) is 5.69. The average molecular weight is 259 g/mol. The molecular formula is C15H17NO3. The number of benzene rings is 1. The Morgan fingerprint density at radius 2 is 2.05 bits per heavy atom. The molecule has 1 aromatic carbocycles. The van der Waals surface area contributed by atoms with Gasteiger partial charge in [-0.1, -0.05) is 43.3 Å². The molecule has 100 valence electrons. The van der Waals surface area contributed by atoms with Gasteiger partial charge in [0.05, 0.1) is 0 Å². The molecule has 0 spiro atoms. The molecule has 0 radical (unpaired) electrons. The molecule has 2 aromatic rings. The average Bonchev–Trinajstić information content (AvgIpc) is 2.83. The third kappa shape index (κ3) is 2.52. The van der Waals surface area contributed by atoms with Gasteiger partial charge >= 0.3 is 5.97 Å². The summed E-state index contributed by atoms with van der Waals surface area (Å²) in [5.74, 6) is -0.526.